The summed E-state index contributed by atoms with van der Waals surface area (Å²) in [4.78, 5) is 22.9. The quantitative estimate of drug-likeness (QED) is 0.193. The Hall–Kier alpha value is -5.39. The van der Waals surface area contributed by atoms with E-state index in [0.29, 0.717) is 24.5 Å². The Balaban J connectivity index is 1.03. The Morgan fingerprint density at radius 2 is 1.63 bits per heavy atom. The molecule has 1 unspecified atom stereocenters. The number of amides is 1. The summed E-state index contributed by atoms with van der Waals surface area (Å²) in [7, 11) is 0. The first-order valence-electron chi connectivity index (χ1n) is 16.0. The van der Waals surface area contributed by atoms with Gasteiger partial charge in [-0.15, -0.1) is 0 Å². The van der Waals surface area contributed by atoms with Gasteiger partial charge in [-0.05, 0) is 88.7 Å². The molecule has 2 aliphatic carbocycles. The number of benzene rings is 4. The van der Waals surface area contributed by atoms with Crippen molar-refractivity contribution in [3.05, 3.63) is 167 Å². The van der Waals surface area contributed by atoms with Crippen LogP contribution in [0.2, 0.25) is 0 Å². The van der Waals surface area contributed by atoms with Crippen LogP contribution in [0.25, 0.3) is 27.2 Å². The molecule has 2 heterocycles. The molecule has 0 saturated heterocycles. The van der Waals surface area contributed by atoms with E-state index in [1.807, 2.05) is 60.7 Å². The van der Waals surface area contributed by atoms with Crippen molar-refractivity contribution < 1.29 is 4.79 Å². The highest BCUT2D eigenvalue weighted by Gasteiger charge is 2.27. The standard InChI is InChI=1S/C41H34N4O/c46-41(29-14-12-27(13-15-29)25-42-26-33-9-5-6-22-43-33)45-40-38(24-32-8-2-4-11-39(32)44-40)31-17-19-35-30(23-31)18-21-36-34-10-3-1-7-28(34)16-20-37(35)36/h1-17,19-20,22,24,31,42H,18,21,23,25-26H2,(H,44,45,46). The van der Waals surface area contributed by atoms with Gasteiger partial charge in [0.25, 0.3) is 5.91 Å². The molecule has 5 nitrogen and oxygen atoms in total. The number of para-hydroxylation sites is 1. The van der Waals surface area contributed by atoms with Crippen molar-refractivity contribution in [1.82, 2.24) is 15.3 Å². The molecule has 4 aromatic carbocycles. The minimum absolute atomic E-state index is 0.126. The molecule has 0 spiro atoms. The fourth-order valence-electron chi connectivity index (χ4n) is 6.94. The predicted octanol–water partition coefficient (Wildman–Crippen LogP) is 8.77. The molecule has 6 aromatic rings. The Labute approximate surface area is 268 Å². The van der Waals surface area contributed by atoms with Crippen molar-refractivity contribution in [2.24, 2.45) is 0 Å². The van der Waals surface area contributed by atoms with E-state index in [1.165, 1.54) is 33.0 Å². The van der Waals surface area contributed by atoms with Gasteiger partial charge in [0, 0.05) is 41.7 Å². The topological polar surface area (TPSA) is 66.9 Å². The molecule has 8 rings (SSSR count). The zero-order valence-corrected chi connectivity index (χ0v) is 25.5. The summed E-state index contributed by atoms with van der Waals surface area (Å²) in [6, 6.07) is 37.2. The van der Waals surface area contributed by atoms with Crippen LogP contribution in [-0.2, 0) is 19.5 Å². The molecule has 1 atom stereocenters. The van der Waals surface area contributed by atoms with E-state index in [-0.39, 0.29) is 11.8 Å². The maximum absolute atomic E-state index is 13.6. The van der Waals surface area contributed by atoms with Gasteiger partial charge in [-0.1, -0.05) is 90.5 Å². The van der Waals surface area contributed by atoms with Crippen LogP contribution in [0.5, 0.6) is 0 Å². The monoisotopic (exact) mass is 598 g/mol. The van der Waals surface area contributed by atoms with Gasteiger partial charge in [0.05, 0.1) is 11.2 Å². The molecule has 2 aromatic heterocycles. The molecule has 5 heteroatoms. The zero-order chi connectivity index (χ0) is 30.9. The SMILES string of the molecule is O=C(Nc1nc2ccccc2cc1C1C=CC2=C(CCc3c2ccc2ccccc32)C1)c1ccc(CNCc2ccccn2)cc1. The fraction of sp³-hybridized carbons (Fsp3) is 0.146. The van der Waals surface area contributed by atoms with Crippen LogP contribution in [0.15, 0.2) is 133 Å². The molecular weight excluding hydrogens is 564 g/mol. The Morgan fingerprint density at radius 1 is 0.804 bits per heavy atom. The predicted molar refractivity (Wildman–Crippen MR) is 187 cm³/mol. The number of aryl methyl sites for hydroxylation is 1. The van der Waals surface area contributed by atoms with Gasteiger partial charge in [-0.25, -0.2) is 4.98 Å². The second kappa shape index (κ2) is 12.2. The van der Waals surface area contributed by atoms with E-state index in [0.717, 1.165) is 47.0 Å². The van der Waals surface area contributed by atoms with Gasteiger partial charge >= 0.3 is 0 Å². The van der Waals surface area contributed by atoms with Crippen LogP contribution in [0.3, 0.4) is 0 Å². The Bertz CT molecular complexity index is 2150. The van der Waals surface area contributed by atoms with Crippen molar-refractivity contribution in [2.45, 2.75) is 38.3 Å². The summed E-state index contributed by atoms with van der Waals surface area (Å²) in [6.45, 7) is 1.39. The smallest absolute Gasteiger partial charge is 0.256 e. The third-order valence-corrected chi connectivity index (χ3v) is 9.31. The average molecular weight is 599 g/mol. The highest BCUT2D eigenvalue weighted by molar-refractivity contribution is 6.05. The molecule has 1 amide bonds. The van der Waals surface area contributed by atoms with Crippen LogP contribution in [-0.4, -0.2) is 15.9 Å². The highest BCUT2D eigenvalue weighted by atomic mass is 16.1. The molecule has 0 fully saturated rings. The number of fused-ring (bicyclic) bond motifs is 5. The zero-order valence-electron chi connectivity index (χ0n) is 25.5. The van der Waals surface area contributed by atoms with Gasteiger partial charge in [0.1, 0.15) is 5.82 Å². The van der Waals surface area contributed by atoms with E-state index in [2.05, 4.69) is 76.3 Å². The van der Waals surface area contributed by atoms with Gasteiger partial charge in [0.2, 0.25) is 0 Å². The second-order valence-electron chi connectivity index (χ2n) is 12.2. The molecule has 224 valence electrons. The molecule has 2 aliphatic rings. The summed E-state index contributed by atoms with van der Waals surface area (Å²) in [6.07, 6.45) is 9.42. The van der Waals surface area contributed by atoms with E-state index in [9.17, 15) is 4.79 Å². The number of nitrogens with zero attached hydrogens (tertiary/aromatic N) is 2. The number of carbonyl (C=O) groups excluding carboxylic acids is 1. The number of rotatable bonds is 7. The molecular formula is C41H34N4O. The summed E-state index contributed by atoms with van der Waals surface area (Å²) in [5.74, 6) is 0.599. The number of nitrogens with one attached hydrogen (secondary N) is 2. The maximum Gasteiger partial charge on any atom is 0.256 e. The molecule has 46 heavy (non-hydrogen) atoms. The Kier molecular flexibility index (Phi) is 7.45. The fourth-order valence-corrected chi connectivity index (χ4v) is 6.94. The largest absolute Gasteiger partial charge is 0.307 e. The Morgan fingerprint density at radius 3 is 2.50 bits per heavy atom. The summed E-state index contributed by atoms with van der Waals surface area (Å²) < 4.78 is 0. The lowest BCUT2D eigenvalue weighted by molar-refractivity contribution is 0.102. The molecule has 0 aliphatic heterocycles. The van der Waals surface area contributed by atoms with Crippen LogP contribution in [0, 0.1) is 0 Å². The number of anilines is 1. The third-order valence-electron chi connectivity index (χ3n) is 9.31. The van der Waals surface area contributed by atoms with Gasteiger partial charge < -0.3 is 10.6 Å². The van der Waals surface area contributed by atoms with Crippen molar-refractivity contribution in [3.8, 4) is 0 Å². The molecule has 0 radical (unpaired) electrons. The van der Waals surface area contributed by atoms with E-state index < -0.39 is 0 Å². The number of hydrogen-bond acceptors (Lipinski definition) is 4. The maximum atomic E-state index is 13.6. The first-order chi connectivity index (χ1) is 22.7. The lowest BCUT2D eigenvalue weighted by Crippen LogP contribution is -2.17. The van der Waals surface area contributed by atoms with Crippen molar-refractivity contribution in [2.75, 3.05) is 5.32 Å². The van der Waals surface area contributed by atoms with E-state index in [4.69, 9.17) is 4.98 Å². The first kappa shape index (κ1) is 28.1. The van der Waals surface area contributed by atoms with Gasteiger partial charge in [0.15, 0.2) is 0 Å². The highest BCUT2D eigenvalue weighted by Crippen LogP contribution is 2.44. The third kappa shape index (κ3) is 5.50. The minimum Gasteiger partial charge on any atom is -0.307 e. The van der Waals surface area contributed by atoms with Crippen LogP contribution in [0.4, 0.5) is 5.82 Å². The number of hydrogen-bond donors (Lipinski definition) is 2. The van der Waals surface area contributed by atoms with Crippen LogP contribution < -0.4 is 10.6 Å². The van der Waals surface area contributed by atoms with E-state index in [1.54, 1.807) is 6.20 Å². The van der Waals surface area contributed by atoms with Crippen LogP contribution in [0.1, 0.15) is 57.1 Å². The first-order valence-corrected chi connectivity index (χ1v) is 16.0. The number of allylic oxidation sites excluding steroid dienone is 4. The minimum atomic E-state index is -0.157. The normalized spacial score (nSPS) is 15.5. The van der Waals surface area contributed by atoms with Crippen molar-refractivity contribution in [1.29, 1.82) is 0 Å². The average Bonchev–Trinajstić information content (AvgIpc) is 3.11. The lowest BCUT2D eigenvalue weighted by Gasteiger charge is -2.29. The molecule has 2 N–H and O–H groups in total. The lowest BCUT2D eigenvalue weighted by atomic mass is 9.75. The molecule has 0 saturated carbocycles. The summed E-state index contributed by atoms with van der Waals surface area (Å²) >= 11 is 0. The summed E-state index contributed by atoms with van der Waals surface area (Å²) in [5, 5.41) is 10.3. The number of pyridine rings is 2. The van der Waals surface area contributed by atoms with Gasteiger partial charge in [-0.3, -0.25) is 9.78 Å². The number of aromatic nitrogens is 2. The van der Waals surface area contributed by atoms with Crippen LogP contribution >= 0.6 is 0 Å². The number of carbonyl (C=O) groups is 1. The summed E-state index contributed by atoms with van der Waals surface area (Å²) in [5.41, 5.74) is 10.3. The van der Waals surface area contributed by atoms with Crippen molar-refractivity contribution in [3.63, 3.8) is 0 Å². The van der Waals surface area contributed by atoms with Gasteiger partial charge in [-0.2, -0.15) is 0 Å². The second-order valence-corrected chi connectivity index (χ2v) is 12.2. The molecule has 0 bridgehead atoms. The van der Waals surface area contributed by atoms with Crippen molar-refractivity contribution >= 4 is 39.0 Å². The van der Waals surface area contributed by atoms with E-state index >= 15 is 0 Å².